The lowest BCUT2D eigenvalue weighted by molar-refractivity contribution is 0.0145. The summed E-state index contributed by atoms with van der Waals surface area (Å²) >= 11 is 0. The second kappa shape index (κ2) is 7.04. The second-order valence-electron chi connectivity index (χ2n) is 5.88. The lowest BCUT2D eigenvalue weighted by Gasteiger charge is -2.28. The molecule has 2 rings (SSSR count). The average Bonchev–Trinajstić information content (AvgIpc) is 2.85. The monoisotopic (exact) mass is 291 g/mol. The minimum Gasteiger partial charge on any atom is -0.389 e. The zero-order chi connectivity index (χ0) is 15.3. The van der Waals surface area contributed by atoms with E-state index in [2.05, 4.69) is 16.7 Å². The normalized spacial score (nSPS) is 16.8. The molecule has 1 fully saturated rings. The highest BCUT2D eigenvalue weighted by atomic mass is 19.1. The number of rotatable bonds is 4. The van der Waals surface area contributed by atoms with E-state index in [4.69, 9.17) is 5.11 Å². The summed E-state index contributed by atoms with van der Waals surface area (Å²) in [5, 5.41) is 19.1. The number of likely N-dealkylation sites (N-methyl/N-ethyl adjacent to an activating group) is 1. The molecular formula is C17H22FNO2. The quantitative estimate of drug-likeness (QED) is 0.833. The van der Waals surface area contributed by atoms with Crippen molar-refractivity contribution in [3.63, 3.8) is 0 Å². The first kappa shape index (κ1) is 16.0. The Hall–Kier alpha value is -1.41. The van der Waals surface area contributed by atoms with Gasteiger partial charge < -0.3 is 10.2 Å². The van der Waals surface area contributed by atoms with Gasteiger partial charge in [0.2, 0.25) is 0 Å². The third-order valence-electron chi connectivity index (χ3n) is 3.88. The molecule has 21 heavy (non-hydrogen) atoms. The molecule has 0 atom stereocenters. The predicted molar refractivity (Wildman–Crippen MR) is 80.1 cm³/mol. The molecule has 0 aromatic heterocycles. The largest absolute Gasteiger partial charge is 0.389 e. The Morgan fingerprint density at radius 1 is 1.33 bits per heavy atom. The van der Waals surface area contributed by atoms with E-state index in [9.17, 15) is 9.50 Å². The summed E-state index contributed by atoms with van der Waals surface area (Å²) in [5.74, 6) is 4.70. The molecule has 0 radical (unpaired) electrons. The Bertz CT molecular complexity index is 541. The molecule has 1 saturated carbocycles. The first-order valence-corrected chi connectivity index (χ1v) is 7.31. The molecule has 2 N–H and O–H groups in total. The zero-order valence-corrected chi connectivity index (χ0v) is 12.4. The van der Waals surface area contributed by atoms with Gasteiger partial charge in [-0.2, -0.15) is 0 Å². The average molecular weight is 291 g/mol. The molecule has 0 amide bonds. The lowest BCUT2D eigenvalue weighted by atomic mass is 10.0. The van der Waals surface area contributed by atoms with E-state index in [1.807, 2.05) is 7.05 Å². The Morgan fingerprint density at radius 2 is 2.05 bits per heavy atom. The highest BCUT2D eigenvalue weighted by Gasteiger charge is 2.32. The van der Waals surface area contributed by atoms with Crippen molar-refractivity contribution in [2.75, 3.05) is 20.2 Å². The molecule has 1 aromatic rings. The zero-order valence-electron chi connectivity index (χ0n) is 12.4. The van der Waals surface area contributed by atoms with Crippen LogP contribution < -0.4 is 0 Å². The highest BCUT2D eigenvalue weighted by Crippen LogP contribution is 2.30. The second-order valence-corrected chi connectivity index (χ2v) is 5.88. The van der Waals surface area contributed by atoms with Crippen LogP contribution in [0.15, 0.2) is 18.2 Å². The van der Waals surface area contributed by atoms with Crippen molar-refractivity contribution >= 4 is 0 Å². The van der Waals surface area contributed by atoms with Gasteiger partial charge in [-0.15, -0.1) is 0 Å². The molecular weight excluding hydrogens is 269 g/mol. The predicted octanol–water partition coefficient (Wildman–Crippen LogP) is 1.91. The Labute approximate surface area is 125 Å². The highest BCUT2D eigenvalue weighted by molar-refractivity contribution is 5.38. The summed E-state index contributed by atoms with van der Waals surface area (Å²) < 4.78 is 13.6. The van der Waals surface area contributed by atoms with Crippen LogP contribution in [0.25, 0.3) is 0 Å². The molecule has 0 bridgehead atoms. The van der Waals surface area contributed by atoms with E-state index in [1.165, 1.54) is 6.07 Å². The van der Waals surface area contributed by atoms with Gasteiger partial charge in [0.25, 0.3) is 0 Å². The van der Waals surface area contributed by atoms with Gasteiger partial charge in [-0.05, 0) is 37.6 Å². The maximum Gasteiger partial charge on any atom is 0.138 e. The van der Waals surface area contributed by atoms with Crippen LogP contribution in [0.4, 0.5) is 4.39 Å². The first-order chi connectivity index (χ1) is 10.0. The molecule has 1 aromatic carbocycles. The molecule has 0 unspecified atom stereocenters. The third-order valence-corrected chi connectivity index (χ3v) is 3.88. The van der Waals surface area contributed by atoms with E-state index in [-0.39, 0.29) is 12.4 Å². The fourth-order valence-electron chi connectivity index (χ4n) is 2.96. The molecule has 1 aliphatic rings. The van der Waals surface area contributed by atoms with Gasteiger partial charge in [-0.1, -0.05) is 30.7 Å². The van der Waals surface area contributed by atoms with Crippen molar-refractivity contribution in [1.29, 1.82) is 0 Å². The topological polar surface area (TPSA) is 43.7 Å². The molecule has 0 saturated heterocycles. The molecule has 4 heteroatoms. The van der Waals surface area contributed by atoms with Crippen LogP contribution in [-0.4, -0.2) is 40.9 Å². The third kappa shape index (κ3) is 4.53. The van der Waals surface area contributed by atoms with E-state index in [0.717, 1.165) is 31.2 Å². The minimum absolute atomic E-state index is 0.281. The van der Waals surface area contributed by atoms with Gasteiger partial charge in [0.05, 0.1) is 11.2 Å². The van der Waals surface area contributed by atoms with Crippen molar-refractivity contribution in [3.8, 4) is 11.8 Å². The van der Waals surface area contributed by atoms with Crippen LogP contribution in [0.2, 0.25) is 0 Å². The van der Waals surface area contributed by atoms with Gasteiger partial charge in [-0.3, -0.25) is 4.90 Å². The first-order valence-electron chi connectivity index (χ1n) is 7.31. The standard InChI is InChI=1S/C17H22FNO2/c1-19(13-17(21)8-2-3-9-17)12-14-6-7-16(18)15(11-14)5-4-10-20/h6-7,11,20-21H,2-3,8-10,12-13H2,1H3. The summed E-state index contributed by atoms with van der Waals surface area (Å²) in [6.07, 6.45) is 3.88. The van der Waals surface area contributed by atoms with Crippen molar-refractivity contribution in [2.24, 2.45) is 0 Å². The number of aliphatic hydroxyl groups excluding tert-OH is 1. The summed E-state index contributed by atoms with van der Waals surface area (Å²) in [4.78, 5) is 2.06. The maximum atomic E-state index is 13.6. The van der Waals surface area contributed by atoms with E-state index >= 15 is 0 Å². The summed E-state index contributed by atoms with van der Waals surface area (Å²) in [7, 11) is 1.96. The molecule has 1 aliphatic carbocycles. The molecule has 0 heterocycles. The lowest BCUT2D eigenvalue weighted by Crippen LogP contribution is -2.38. The summed E-state index contributed by atoms with van der Waals surface area (Å²) in [6, 6.07) is 4.83. The van der Waals surface area contributed by atoms with Gasteiger partial charge >= 0.3 is 0 Å². The van der Waals surface area contributed by atoms with Crippen LogP contribution in [0.5, 0.6) is 0 Å². The van der Waals surface area contributed by atoms with Gasteiger partial charge in [0.15, 0.2) is 0 Å². The van der Waals surface area contributed by atoms with Gasteiger partial charge in [0, 0.05) is 13.1 Å². The Balaban J connectivity index is 2.01. The SMILES string of the molecule is CN(Cc1ccc(F)c(C#CCO)c1)CC1(O)CCCC1. The van der Waals surface area contributed by atoms with E-state index in [1.54, 1.807) is 12.1 Å². The van der Waals surface area contributed by atoms with E-state index in [0.29, 0.717) is 18.7 Å². The summed E-state index contributed by atoms with van der Waals surface area (Å²) in [6.45, 7) is 0.981. The molecule has 0 spiro atoms. The number of hydrogen-bond acceptors (Lipinski definition) is 3. The Morgan fingerprint density at radius 3 is 2.71 bits per heavy atom. The van der Waals surface area contributed by atoms with Crippen LogP contribution in [0, 0.1) is 17.7 Å². The molecule has 0 aliphatic heterocycles. The fourth-order valence-corrected chi connectivity index (χ4v) is 2.96. The van der Waals surface area contributed by atoms with Crippen LogP contribution in [0.1, 0.15) is 36.8 Å². The Kier molecular flexibility index (Phi) is 5.35. The number of benzene rings is 1. The smallest absolute Gasteiger partial charge is 0.138 e. The van der Waals surface area contributed by atoms with Crippen LogP contribution >= 0.6 is 0 Å². The van der Waals surface area contributed by atoms with Crippen molar-refractivity contribution in [3.05, 3.63) is 35.1 Å². The molecule has 114 valence electrons. The number of aliphatic hydroxyl groups is 2. The fraction of sp³-hybridized carbons (Fsp3) is 0.529. The summed E-state index contributed by atoms with van der Waals surface area (Å²) in [5.41, 5.74) is 0.672. The van der Waals surface area contributed by atoms with Gasteiger partial charge in [-0.25, -0.2) is 4.39 Å². The number of halogens is 1. The number of hydrogen-bond donors (Lipinski definition) is 2. The van der Waals surface area contributed by atoms with Crippen molar-refractivity contribution in [1.82, 2.24) is 4.90 Å². The van der Waals surface area contributed by atoms with Gasteiger partial charge in [0.1, 0.15) is 12.4 Å². The van der Waals surface area contributed by atoms with Crippen LogP contribution in [-0.2, 0) is 6.54 Å². The van der Waals surface area contributed by atoms with E-state index < -0.39 is 5.60 Å². The molecule has 3 nitrogen and oxygen atoms in total. The van der Waals surface area contributed by atoms with Crippen molar-refractivity contribution in [2.45, 2.75) is 37.8 Å². The van der Waals surface area contributed by atoms with Crippen LogP contribution in [0.3, 0.4) is 0 Å². The maximum absolute atomic E-state index is 13.6. The number of nitrogens with zero attached hydrogens (tertiary/aromatic N) is 1. The van der Waals surface area contributed by atoms with Crippen molar-refractivity contribution < 1.29 is 14.6 Å². The minimum atomic E-state index is -0.575.